The topological polar surface area (TPSA) is 103 Å². The van der Waals surface area contributed by atoms with Crippen LogP contribution in [0, 0.1) is 0 Å². The van der Waals surface area contributed by atoms with Gasteiger partial charge in [-0.05, 0) is 36.8 Å². The number of methoxy groups -OCH3 is 2. The van der Waals surface area contributed by atoms with Crippen LogP contribution in [0.2, 0.25) is 5.02 Å². The van der Waals surface area contributed by atoms with Crippen LogP contribution in [0.3, 0.4) is 0 Å². The first-order valence-electron chi connectivity index (χ1n) is 8.74. The zero-order valence-electron chi connectivity index (χ0n) is 16.3. The molecule has 2 rings (SSSR count). The highest BCUT2D eigenvalue weighted by Crippen LogP contribution is 2.30. The van der Waals surface area contributed by atoms with Gasteiger partial charge in [0.1, 0.15) is 5.75 Å². The Balaban J connectivity index is 2.00. The van der Waals surface area contributed by atoms with Crippen molar-refractivity contribution in [1.29, 1.82) is 0 Å². The number of halogens is 1. The zero-order chi connectivity index (χ0) is 21.4. The van der Waals surface area contributed by atoms with Crippen LogP contribution in [-0.2, 0) is 14.8 Å². The Morgan fingerprint density at radius 3 is 2.34 bits per heavy atom. The van der Waals surface area contributed by atoms with Crippen LogP contribution in [0.4, 0.5) is 5.69 Å². The summed E-state index contributed by atoms with van der Waals surface area (Å²) >= 11 is 6.11. The molecule has 0 saturated heterocycles. The molecule has 0 saturated carbocycles. The number of anilines is 1. The summed E-state index contributed by atoms with van der Waals surface area (Å²) < 4.78 is 42.5. The number of rotatable bonds is 10. The molecule has 0 spiro atoms. The van der Waals surface area contributed by atoms with Crippen LogP contribution in [0.25, 0.3) is 0 Å². The molecule has 0 unspecified atom stereocenters. The lowest BCUT2D eigenvalue weighted by Gasteiger charge is -2.12. The minimum absolute atomic E-state index is 0.0260. The molecule has 0 aromatic heterocycles. The lowest BCUT2D eigenvalue weighted by atomic mass is 10.2. The predicted octanol–water partition coefficient (Wildman–Crippen LogP) is 3.06. The number of sulfonamides is 1. The average Bonchev–Trinajstić information content (AvgIpc) is 2.71. The second kappa shape index (κ2) is 10.3. The van der Waals surface area contributed by atoms with E-state index in [0.717, 1.165) is 0 Å². The van der Waals surface area contributed by atoms with Crippen LogP contribution in [0.15, 0.2) is 41.3 Å². The number of hydrogen-bond donors (Lipinski definition) is 2. The first-order valence-corrected chi connectivity index (χ1v) is 10.6. The Morgan fingerprint density at radius 2 is 1.72 bits per heavy atom. The zero-order valence-corrected chi connectivity index (χ0v) is 17.9. The Hall–Kier alpha value is -2.49. The minimum Gasteiger partial charge on any atom is -0.493 e. The number of ether oxygens (including phenoxy) is 3. The van der Waals surface area contributed by atoms with Crippen molar-refractivity contribution in [3.63, 3.8) is 0 Å². The van der Waals surface area contributed by atoms with Gasteiger partial charge in [-0.3, -0.25) is 4.79 Å². The van der Waals surface area contributed by atoms with Gasteiger partial charge in [0.05, 0.1) is 24.1 Å². The molecule has 8 nitrogen and oxygen atoms in total. The maximum atomic E-state index is 12.1. The second-order valence-electron chi connectivity index (χ2n) is 5.90. The molecule has 10 heteroatoms. The number of carbonyl (C=O) groups excluding carboxylic acids is 1. The molecule has 0 heterocycles. The standard InChI is InChI=1S/C19H23ClN2O6S/c1-4-9-21-29(24,25)14-6-8-16(15(20)11-14)28-12-19(23)22-13-5-7-17(26-2)18(10-13)27-3/h5-8,10-11,21H,4,9,12H2,1-3H3,(H,22,23). The van der Waals surface area contributed by atoms with Gasteiger partial charge in [-0.15, -0.1) is 0 Å². The van der Waals surface area contributed by atoms with Crippen LogP contribution in [-0.4, -0.2) is 41.7 Å². The van der Waals surface area contributed by atoms with Crippen molar-refractivity contribution in [1.82, 2.24) is 4.72 Å². The van der Waals surface area contributed by atoms with Crippen molar-refractivity contribution >= 4 is 33.2 Å². The van der Waals surface area contributed by atoms with Crippen molar-refractivity contribution in [2.24, 2.45) is 0 Å². The minimum atomic E-state index is -3.64. The molecule has 0 atom stereocenters. The van der Waals surface area contributed by atoms with Gasteiger partial charge >= 0.3 is 0 Å². The van der Waals surface area contributed by atoms with Crippen LogP contribution in [0.5, 0.6) is 17.2 Å². The Bertz CT molecular complexity index is 965. The summed E-state index contributed by atoms with van der Waals surface area (Å²) in [4.78, 5) is 12.2. The summed E-state index contributed by atoms with van der Waals surface area (Å²) in [6.45, 7) is 1.88. The van der Waals surface area contributed by atoms with Crippen LogP contribution >= 0.6 is 11.6 Å². The molecule has 158 valence electrons. The first-order chi connectivity index (χ1) is 13.8. The van der Waals surface area contributed by atoms with E-state index < -0.39 is 15.9 Å². The smallest absolute Gasteiger partial charge is 0.262 e. The van der Waals surface area contributed by atoms with Gasteiger partial charge in [0.25, 0.3) is 5.91 Å². The van der Waals surface area contributed by atoms with Gasteiger partial charge in [0.2, 0.25) is 10.0 Å². The van der Waals surface area contributed by atoms with Crippen molar-refractivity contribution in [2.45, 2.75) is 18.2 Å². The molecule has 0 aliphatic heterocycles. The molecule has 0 aliphatic rings. The van der Waals surface area contributed by atoms with Crippen molar-refractivity contribution < 1.29 is 27.4 Å². The van der Waals surface area contributed by atoms with Crippen molar-refractivity contribution in [3.8, 4) is 17.2 Å². The predicted molar refractivity (Wildman–Crippen MR) is 111 cm³/mol. The Labute approximate surface area is 175 Å². The summed E-state index contributed by atoms with van der Waals surface area (Å²) in [6, 6.07) is 9.00. The van der Waals surface area contributed by atoms with E-state index in [2.05, 4.69) is 10.0 Å². The maximum absolute atomic E-state index is 12.1. The highest BCUT2D eigenvalue weighted by molar-refractivity contribution is 7.89. The molecule has 0 aliphatic carbocycles. The number of benzene rings is 2. The Morgan fingerprint density at radius 1 is 1.03 bits per heavy atom. The van der Waals surface area contributed by atoms with Gasteiger partial charge < -0.3 is 19.5 Å². The SMILES string of the molecule is CCCNS(=O)(=O)c1ccc(OCC(=O)Nc2ccc(OC)c(OC)c2)c(Cl)c1. The number of nitrogens with one attached hydrogen (secondary N) is 2. The molecule has 29 heavy (non-hydrogen) atoms. The molecule has 2 N–H and O–H groups in total. The van der Waals surface area contributed by atoms with Crippen LogP contribution < -0.4 is 24.2 Å². The van der Waals surface area contributed by atoms with Gasteiger partial charge in [0, 0.05) is 18.3 Å². The third kappa shape index (κ3) is 6.25. The summed E-state index contributed by atoms with van der Waals surface area (Å²) in [5.74, 6) is 0.790. The van der Waals surface area contributed by atoms with E-state index in [1.54, 1.807) is 18.2 Å². The van der Waals surface area contributed by atoms with Gasteiger partial charge in [-0.2, -0.15) is 0 Å². The van der Waals surface area contributed by atoms with Crippen LogP contribution in [0.1, 0.15) is 13.3 Å². The third-order valence-corrected chi connectivity index (χ3v) is 5.54. The van der Waals surface area contributed by atoms with E-state index in [4.69, 9.17) is 25.8 Å². The lowest BCUT2D eigenvalue weighted by Crippen LogP contribution is -2.24. The lowest BCUT2D eigenvalue weighted by molar-refractivity contribution is -0.118. The number of hydrogen-bond acceptors (Lipinski definition) is 6. The molecule has 2 aromatic rings. The van der Waals surface area contributed by atoms with Gasteiger partial charge in [-0.25, -0.2) is 13.1 Å². The van der Waals surface area contributed by atoms with E-state index in [9.17, 15) is 13.2 Å². The monoisotopic (exact) mass is 442 g/mol. The highest BCUT2D eigenvalue weighted by atomic mass is 35.5. The average molecular weight is 443 g/mol. The normalized spacial score (nSPS) is 11.0. The van der Waals surface area contributed by atoms with Crippen molar-refractivity contribution in [3.05, 3.63) is 41.4 Å². The fraction of sp³-hybridized carbons (Fsp3) is 0.316. The van der Waals surface area contributed by atoms with Gasteiger partial charge in [0.15, 0.2) is 18.1 Å². The Kier molecular flexibility index (Phi) is 8.12. The molecular weight excluding hydrogens is 420 g/mol. The van der Waals surface area contributed by atoms with Gasteiger partial charge in [-0.1, -0.05) is 18.5 Å². The van der Waals surface area contributed by atoms with E-state index in [1.807, 2.05) is 6.92 Å². The summed E-state index contributed by atoms with van der Waals surface area (Å²) in [5.41, 5.74) is 0.505. The molecule has 0 fully saturated rings. The van der Waals surface area contributed by atoms with E-state index in [1.165, 1.54) is 32.4 Å². The highest BCUT2D eigenvalue weighted by Gasteiger charge is 2.16. The molecule has 1 amide bonds. The number of amides is 1. The number of carbonyl (C=O) groups is 1. The maximum Gasteiger partial charge on any atom is 0.262 e. The summed E-state index contributed by atoms with van der Waals surface area (Å²) in [5, 5.41) is 2.75. The fourth-order valence-electron chi connectivity index (χ4n) is 2.34. The van der Waals surface area contributed by atoms with E-state index >= 15 is 0 Å². The quantitative estimate of drug-likeness (QED) is 0.586. The summed E-state index contributed by atoms with van der Waals surface area (Å²) in [6.07, 6.45) is 0.670. The van der Waals surface area contributed by atoms with E-state index in [0.29, 0.717) is 30.2 Å². The van der Waals surface area contributed by atoms with E-state index in [-0.39, 0.29) is 22.3 Å². The molecule has 2 aromatic carbocycles. The first kappa shape index (κ1) is 22.8. The fourth-order valence-corrected chi connectivity index (χ4v) is 3.80. The molecule has 0 bridgehead atoms. The summed E-state index contributed by atoms with van der Waals surface area (Å²) in [7, 11) is -0.623. The largest absolute Gasteiger partial charge is 0.493 e. The van der Waals surface area contributed by atoms with Crippen molar-refractivity contribution in [2.75, 3.05) is 32.7 Å². The second-order valence-corrected chi connectivity index (χ2v) is 8.07. The third-order valence-electron chi connectivity index (χ3n) is 3.78. The molecular formula is C19H23ClN2O6S. The molecule has 0 radical (unpaired) electrons.